The molecule has 5 nitrogen and oxygen atoms in total. The van der Waals surface area contributed by atoms with Crippen LogP contribution in [0.15, 0.2) is 0 Å². The van der Waals surface area contributed by atoms with Crippen molar-refractivity contribution in [2.45, 2.75) is 39.0 Å². The number of hydrogen-bond acceptors (Lipinski definition) is 3. The minimum absolute atomic E-state index is 0.0229. The van der Waals surface area contributed by atoms with E-state index in [0.29, 0.717) is 19.5 Å². The van der Waals surface area contributed by atoms with Crippen LogP contribution in [-0.4, -0.2) is 35.0 Å². The van der Waals surface area contributed by atoms with Crippen LogP contribution in [0.5, 0.6) is 0 Å². The normalized spacial score (nSPS) is 24.1. The van der Waals surface area contributed by atoms with E-state index in [1.807, 2.05) is 6.92 Å². The molecule has 0 spiro atoms. The number of hydrogen-bond donors (Lipinski definition) is 1. The summed E-state index contributed by atoms with van der Waals surface area (Å²) in [5.41, 5.74) is -0.444. The zero-order valence-electron chi connectivity index (χ0n) is 10.1. The Morgan fingerprint density at radius 1 is 1.47 bits per heavy atom. The van der Waals surface area contributed by atoms with Gasteiger partial charge in [-0.25, -0.2) is 0 Å². The quantitative estimate of drug-likeness (QED) is 0.802. The van der Waals surface area contributed by atoms with Gasteiger partial charge in [0.05, 0.1) is 11.5 Å². The lowest BCUT2D eigenvalue weighted by atomic mass is 9.83. The smallest absolute Gasteiger partial charge is 0.303 e. The molecular weight excluding hydrogens is 220 g/mol. The summed E-state index contributed by atoms with van der Waals surface area (Å²) in [4.78, 5) is 23.8. The summed E-state index contributed by atoms with van der Waals surface area (Å²) in [6.45, 7) is 3.02. The van der Waals surface area contributed by atoms with Gasteiger partial charge in [-0.2, -0.15) is 5.26 Å². The van der Waals surface area contributed by atoms with Crippen LogP contribution in [0.2, 0.25) is 0 Å². The fourth-order valence-corrected chi connectivity index (χ4v) is 2.09. The van der Waals surface area contributed by atoms with Gasteiger partial charge in [0, 0.05) is 25.9 Å². The third-order valence-electron chi connectivity index (χ3n) is 3.10. The lowest BCUT2D eigenvalue weighted by Gasteiger charge is -2.36. The molecule has 1 saturated heterocycles. The van der Waals surface area contributed by atoms with E-state index in [1.165, 1.54) is 0 Å². The number of carboxylic acid groups (broad SMARTS) is 1. The van der Waals surface area contributed by atoms with Crippen LogP contribution in [0, 0.1) is 16.7 Å². The van der Waals surface area contributed by atoms with Crippen LogP contribution >= 0.6 is 0 Å². The van der Waals surface area contributed by atoms with Crippen molar-refractivity contribution in [1.29, 1.82) is 5.26 Å². The molecule has 94 valence electrons. The van der Waals surface area contributed by atoms with Crippen molar-refractivity contribution in [2.24, 2.45) is 5.41 Å². The van der Waals surface area contributed by atoms with Gasteiger partial charge in [-0.05, 0) is 26.2 Å². The van der Waals surface area contributed by atoms with Crippen LogP contribution in [0.4, 0.5) is 0 Å². The van der Waals surface area contributed by atoms with Gasteiger partial charge in [0.25, 0.3) is 0 Å². The number of amides is 1. The Bertz CT molecular complexity index is 348. The highest BCUT2D eigenvalue weighted by atomic mass is 16.4. The van der Waals surface area contributed by atoms with E-state index in [0.717, 1.165) is 12.8 Å². The number of carboxylic acids is 1. The van der Waals surface area contributed by atoms with Crippen molar-refractivity contribution < 1.29 is 14.7 Å². The average molecular weight is 238 g/mol. The largest absolute Gasteiger partial charge is 0.481 e. The molecule has 1 heterocycles. The highest BCUT2D eigenvalue weighted by Gasteiger charge is 2.32. The molecule has 1 atom stereocenters. The second-order valence-electron chi connectivity index (χ2n) is 4.84. The summed E-state index contributed by atoms with van der Waals surface area (Å²) >= 11 is 0. The lowest BCUT2D eigenvalue weighted by Crippen LogP contribution is -2.44. The second kappa shape index (κ2) is 5.67. The average Bonchev–Trinajstić information content (AvgIpc) is 2.28. The van der Waals surface area contributed by atoms with Crippen molar-refractivity contribution in [3.63, 3.8) is 0 Å². The lowest BCUT2D eigenvalue weighted by molar-refractivity contribution is -0.137. The number of aliphatic carboxylic acids is 1. The topological polar surface area (TPSA) is 81.4 Å². The summed E-state index contributed by atoms with van der Waals surface area (Å²) < 4.78 is 0. The number of carbonyl (C=O) groups is 2. The number of piperidine rings is 1. The van der Waals surface area contributed by atoms with Gasteiger partial charge in [-0.15, -0.1) is 0 Å². The third-order valence-corrected chi connectivity index (χ3v) is 3.10. The minimum atomic E-state index is -0.877. The molecule has 0 aromatic carbocycles. The molecule has 17 heavy (non-hydrogen) atoms. The van der Waals surface area contributed by atoms with Gasteiger partial charge in [-0.3, -0.25) is 9.59 Å². The minimum Gasteiger partial charge on any atom is -0.481 e. The fourth-order valence-electron chi connectivity index (χ4n) is 2.09. The summed E-state index contributed by atoms with van der Waals surface area (Å²) in [5.74, 6) is -0.911. The Hall–Kier alpha value is -1.57. The van der Waals surface area contributed by atoms with Crippen LogP contribution in [0.3, 0.4) is 0 Å². The van der Waals surface area contributed by atoms with Gasteiger partial charge in [0.2, 0.25) is 5.91 Å². The molecular formula is C12H18N2O3. The molecule has 1 N–H and O–H groups in total. The molecule has 0 aromatic heterocycles. The van der Waals surface area contributed by atoms with Crippen molar-refractivity contribution in [2.75, 3.05) is 13.1 Å². The van der Waals surface area contributed by atoms with Crippen molar-refractivity contribution in [3.8, 4) is 6.07 Å². The summed E-state index contributed by atoms with van der Waals surface area (Å²) in [7, 11) is 0. The second-order valence-corrected chi connectivity index (χ2v) is 4.84. The standard InChI is InChI=1S/C12H18N2O3/c1-12(8-13)6-3-7-14(9-12)10(15)4-2-5-11(16)17/h2-7,9H2,1H3,(H,16,17)/t12-/m1/s1. The fraction of sp³-hybridized carbons (Fsp3) is 0.750. The first-order valence-electron chi connectivity index (χ1n) is 5.88. The molecule has 0 radical (unpaired) electrons. The zero-order chi connectivity index (χ0) is 12.9. The van der Waals surface area contributed by atoms with Crippen molar-refractivity contribution in [3.05, 3.63) is 0 Å². The molecule has 1 amide bonds. The molecule has 1 aliphatic rings. The third kappa shape index (κ3) is 4.06. The molecule has 0 unspecified atom stereocenters. The zero-order valence-corrected chi connectivity index (χ0v) is 10.1. The number of carbonyl (C=O) groups excluding carboxylic acids is 1. The van der Waals surface area contributed by atoms with Gasteiger partial charge in [0.15, 0.2) is 0 Å². The number of nitriles is 1. The SMILES string of the molecule is C[C@]1(C#N)CCCN(C(=O)CCCC(=O)O)C1. The van der Waals surface area contributed by atoms with E-state index in [4.69, 9.17) is 10.4 Å². The first-order valence-corrected chi connectivity index (χ1v) is 5.88. The Morgan fingerprint density at radius 3 is 2.76 bits per heavy atom. The number of nitrogens with zero attached hydrogens (tertiary/aromatic N) is 2. The maximum atomic E-state index is 11.8. The van der Waals surface area contributed by atoms with E-state index in [-0.39, 0.29) is 18.7 Å². The molecule has 1 aliphatic heterocycles. The number of likely N-dealkylation sites (tertiary alicyclic amines) is 1. The van der Waals surface area contributed by atoms with Crippen molar-refractivity contribution in [1.82, 2.24) is 4.90 Å². The van der Waals surface area contributed by atoms with Crippen molar-refractivity contribution >= 4 is 11.9 Å². The van der Waals surface area contributed by atoms with Crippen LogP contribution in [-0.2, 0) is 9.59 Å². The summed E-state index contributed by atoms with van der Waals surface area (Å²) in [6, 6.07) is 2.25. The summed E-state index contributed by atoms with van der Waals surface area (Å²) in [5, 5.41) is 17.5. The van der Waals surface area contributed by atoms with E-state index in [9.17, 15) is 9.59 Å². The Labute approximate surface area is 101 Å². The van der Waals surface area contributed by atoms with E-state index in [2.05, 4.69) is 6.07 Å². The molecule has 0 aromatic rings. The Kier molecular flexibility index (Phi) is 4.50. The number of rotatable bonds is 4. The maximum Gasteiger partial charge on any atom is 0.303 e. The van der Waals surface area contributed by atoms with Crippen LogP contribution < -0.4 is 0 Å². The Morgan fingerprint density at radius 2 is 2.18 bits per heavy atom. The maximum absolute atomic E-state index is 11.8. The summed E-state index contributed by atoms with van der Waals surface area (Å²) in [6.07, 6.45) is 2.31. The van der Waals surface area contributed by atoms with Gasteiger partial charge in [0.1, 0.15) is 0 Å². The predicted molar refractivity (Wildman–Crippen MR) is 61.0 cm³/mol. The molecule has 5 heteroatoms. The Balaban J connectivity index is 2.42. The molecule has 1 fully saturated rings. The van der Waals surface area contributed by atoms with Crippen LogP contribution in [0.1, 0.15) is 39.0 Å². The monoisotopic (exact) mass is 238 g/mol. The molecule has 0 saturated carbocycles. The highest BCUT2D eigenvalue weighted by molar-refractivity contribution is 5.77. The first-order chi connectivity index (χ1) is 7.97. The van der Waals surface area contributed by atoms with E-state index >= 15 is 0 Å². The molecule has 0 aliphatic carbocycles. The van der Waals surface area contributed by atoms with Gasteiger partial charge >= 0.3 is 5.97 Å². The highest BCUT2D eigenvalue weighted by Crippen LogP contribution is 2.28. The first kappa shape index (κ1) is 13.5. The van der Waals surface area contributed by atoms with Gasteiger partial charge in [-0.1, -0.05) is 0 Å². The molecule has 1 rings (SSSR count). The van der Waals surface area contributed by atoms with E-state index < -0.39 is 11.4 Å². The van der Waals surface area contributed by atoms with E-state index in [1.54, 1.807) is 4.90 Å². The molecule has 0 bridgehead atoms. The predicted octanol–water partition coefficient (Wildman–Crippen LogP) is 1.39. The van der Waals surface area contributed by atoms with Crippen LogP contribution in [0.25, 0.3) is 0 Å². The van der Waals surface area contributed by atoms with Gasteiger partial charge < -0.3 is 10.0 Å².